The Hall–Kier alpha value is -1.63. The fourth-order valence-electron chi connectivity index (χ4n) is 1.64. The van der Waals surface area contributed by atoms with Gasteiger partial charge in [-0.3, -0.25) is 9.36 Å². The maximum Gasteiger partial charge on any atom is 0.390 e. The van der Waals surface area contributed by atoms with Gasteiger partial charge in [0.05, 0.1) is 17.3 Å². The number of aromatic amines is 1. The number of para-hydroxylation sites is 1. The smallest absolute Gasteiger partial charge is 0.332 e. The minimum Gasteiger partial charge on any atom is -0.332 e. The number of halogens is 3. The van der Waals surface area contributed by atoms with Crippen LogP contribution in [-0.2, 0) is 6.54 Å². The lowest BCUT2D eigenvalue weighted by atomic mass is 10.2. The molecule has 0 aliphatic heterocycles. The molecule has 2 rings (SSSR count). The highest BCUT2D eigenvalue weighted by Gasteiger charge is 2.27. The molecular formula is C11H9F3N2OS. The van der Waals surface area contributed by atoms with Gasteiger partial charge in [-0.15, -0.1) is 0 Å². The maximum absolute atomic E-state index is 12.2. The van der Waals surface area contributed by atoms with Crippen LogP contribution < -0.4 is 5.56 Å². The zero-order valence-corrected chi connectivity index (χ0v) is 9.94. The summed E-state index contributed by atoms with van der Waals surface area (Å²) < 4.78 is 37.4. The van der Waals surface area contributed by atoms with Crippen molar-refractivity contribution in [3.05, 3.63) is 39.4 Å². The standard InChI is InChI=1S/C11H9F3N2OS/c12-11(13,14)5-6-16-9(17)7-3-1-2-4-8(7)15-10(16)18/h1-4H,5-6H2,(H,15,18). The van der Waals surface area contributed by atoms with Crippen LogP contribution in [0.15, 0.2) is 29.1 Å². The molecule has 1 aromatic heterocycles. The molecule has 2 aromatic rings. The number of nitrogens with one attached hydrogen (secondary N) is 1. The van der Waals surface area contributed by atoms with Crippen LogP contribution in [0.3, 0.4) is 0 Å². The van der Waals surface area contributed by atoms with Gasteiger partial charge in [-0.2, -0.15) is 13.2 Å². The molecule has 0 saturated heterocycles. The summed E-state index contributed by atoms with van der Waals surface area (Å²) in [5.74, 6) is 0. The van der Waals surface area contributed by atoms with Crippen molar-refractivity contribution in [3.63, 3.8) is 0 Å². The maximum atomic E-state index is 12.2. The highest BCUT2D eigenvalue weighted by atomic mass is 32.1. The first kappa shape index (κ1) is 12.8. The Bertz CT molecular complexity index is 687. The zero-order chi connectivity index (χ0) is 13.3. The highest BCUT2D eigenvalue weighted by Crippen LogP contribution is 2.20. The topological polar surface area (TPSA) is 37.8 Å². The number of rotatable bonds is 2. The minimum absolute atomic E-state index is 0.00273. The molecule has 0 aliphatic rings. The summed E-state index contributed by atoms with van der Waals surface area (Å²) in [6, 6.07) is 6.56. The van der Waals surface area contributed by atoms with Gasteiger partial charge in [-0.05, 0) is 24.4 Å². The van der Waals surface area contributed by atoms with Crippen molar-refractivity contribution < 1.29 is 13.2 Å². The number of nitrogens with zero attached hydrogens (tertiary/aromatic N) is 1. The van der Waals surface area contributed by atoms with Crippen molar-refractivity contribution in [1.29, 1.82) is 0 Å². The Morgan fingerprint density at radius 1 is 1.28 bits per heavy atom. The van der Waals surface area contributed by atoms with E-state index in [4.69, 9.17) is 12.2 Å². The molecule has 1 N–H and O–H groups in total. The van der Waals surface area contributed by atoms with Crippen LogP contribution in [0.5, 0.6) is 0 Å². The fourth-order valence-corrected chi connectivity index (χ4v) is 1.92. The van der Waals surface area contributed by atoms with E-state index in [1.807, 2.05) is 0 Å². The number of hydrogen-bond acceptors (Lipinski definition) is 2. The van der Waals surface area contributed by atoms with Gasteiger partial charge >= 0.3 is 6.18 Å². The first-order valence-corrected chi connectivity index (χ1v) is 5.58. The van der Waals surface area contributed by atoms with Crippen LogP contribution in [0, 0.1) is 4.77 Å². The van der Waals surface area contributed by atoms with E-state index in [1.54, 1.807) is 24.3 Å². The second-order valence-corrected chi connectivity index (χ2v) is 4.18. The van der Waals surface area contributed by atoms with Gasteiger partial charge in [-0.1, -0.05) is 12.1 Å². The van der Waals surface area contributed by atoms with Crippen LogP contribution >= 0.6 is 12.2 Å². The molecule has 7 heteroatoms. The van der Waals surface area contributed by atoms with Crippen LogP contribution in [0.4, 0.5) is 13.2 Å². The van der Waals surface area contributed by atoms with E-state index in [0.717, 1.165) is 4.57 Å². The molecule has 0 spiro atoms. The van der Waals surface area contributed by atoms with E-state index in [0.29, 0.717) is 10.9 Å². The lowest BCUT2D eigenvalue weighted by Gasteiger charge is -2.09. The summed E-state index contributed by atoms with van der Waals surface area (Å²) in [7, 11) is 0. The third kappa shape index (κ3) is 2.61. The molecule has 0 unspecified atom stereocenters. The van der Waals surface area contributed by atoms with Crippen LogP contribution in [0.1, 0.15) is 6.42 Å². The van der Waals surface area contributed by atoms with Crippen molar-refractivity contribution in [3.8, 4) is 0 Å². The Morgan fingerprint density at radius 2 is 1.94 bits per heavy atom. The molecule has 96 valence electrons. The Balaban J connectivity index is 2.52. The quantitative estimate of drug-likeness (QED) is 0.855. The summed E-state index contributed by atoms with van der Waals surface area (Å²) >= 11 is 4.90. The minimum atomic E-state index is -4.31. The number of alkyl halides is 3. The largest absolute Gasteiger partial charge is 0.390 e. The molecule has 1 aromatic carbocycles. The number of H-pyrrole nitrogens is 1. The first-order chi connectivity index (χ1) is 8.38. The van der Waals surface area contributed by atoms with Gasteiger partial charge < -0.3 is 4.98 Å². The molecule has 3 nitrogen and oxygen atoms in total. The van der Waals surface area contributed by atoms with Crippen molar-refractivity contribution in [2.24, 2.45) is 0 Å². The second-order valence-electron chi connectivity index (χ2n) is 3.80. The number of benzene rings is 1. The molecular weight excluding hydrogens is 265 g/mol. The van der Waals surface area contributed by atoms with Crippen LogP contribution in [-0.4, -0.2) is 15.7 Å². The monoisotopic (exact) mass is 274 g/mol. The Morgan fingerprint density at radius 3 is 2.61 bits per heavy atom. The lowest BCUT2D eigenvalue weighted by Crippen LogP contribution is -2.25. The fraction of sp³-hybridized carbons (Fsp3) is 0.273. The Labute approximate surface area is 105 Å². The van der Waals surface area contributed by atoms with Crippen molar-refractivity contribution in [2.75, 3.05) is 0 Å². The molecule has 18 heavy (non-hydrogen) atoms. The third-order valence-corrected chi connectivity index (χ3v) is 2.83. The summed E-state index contributed by atoms with van der Waals surface area (Å²) in [5, 5.41) is 0.327. The lowest BCUT2D eigenvalue weighted by molar-refractivity contribution is -0.136. The molecule has 1 heterocycles. The van der Waals surface area contributed by atoms with E-state index in [1.165, 1.54) is 0 Å². The normalized spacial score (nSPS) is 11.9. The molecule has 0 atom stereocenters. The van der Waals surface area contributed by atoms with E-state index >= 15 is 0 Å². The van der Waals surface area contributed by atoms with Gasteiger partial charge in [0, 0.05) is 6.54 Å². The van der Waals surface area contributed by atoms with E-state index in [2.05, 4.69) is 4.98 Å². The van der Waals surface area contributed by atoms with Crippen LogP contribution in [0.2, 0.25) is 0 Å². The van der Waals surface area contributed by atoms with E-state index in [-0.39, 0.29) is 4.77 Å². The zero-order valence-electron chi connectivity index (χ0n) is 9.12. The molecule has 0 bridgehead atoms. The summed E-state index contributed by atoms with van der Waals surface area (Å²) in [6.45, 7) is -0.470. The van der Waals surface area contributed by atoms with Gasteiger partial charge in [-0.25, -0.2) is 0 Å². The molecule has 0 fully saturated rings. The number of aromatic nitrogens is 2. The number of fused-ring (bicyclic) bond motifs is 1. The van der Waals surface area contributed by atoms with Crippen molar-refractivity contribution in [2.45, 2.75) is 19.1 Å². The summed E-state index contributed by atoms with van der Waals surface area (Å²) in [6.07, 6.45) is -5.39. The summed E-state index contributed by atoms with van der Waals surface area (Å²) in [4.78, 5) is 14.7. The molecule has 0 amide bonds. The molecule has 0 saturated carbocycles. The Kier molecular flexibility index (Phi) is 3.25. The second kappa shape index (κ2) is 4.56. The average Bonchev–Trinajstić information content (AvgIpc) is 2.27. The predicted molar refractivity (Wildman–Crippen MR) is 64.1 cm³/mol. The average molecular weight is 274 g/mol. The third-order valence-electron chi connectivity index (χ3n) is 2.51. The van der Waals surface area contributed by atoms with Gasteiger partial charge in [0.25, 0.3) is 5.56 Å². The molecule has 0 aliphatic carbocycles. The molecule has 0 radical (unpaired) electrons. The SMILES string of the molecule is O=c1c2ccccc2[nH]c(=S)n1CCC(F)(F)F. The number of hydrogen-bond donors (Lipinski definition) is 1. The van der Waals surface area contributed by atoms with E-state index < -0.39 is 24.7 Å². The first-order valence-electron chi connectivity index (χ1n) is 5.17. The van der Waals surface area contributed by atoms with Crippen LogP contribution in [0.25, 0.3) is 10.9 Å². The highest BCUT2D eigenvalue weighted by molar-refractivity contribution is 7.71. The summed E-state index contributed by atoms with van der Waals surface area (Å²) in [5.41, 5.74) is 0.0226. The predicted octanol–water partition coefficient (Wildman–Crippen LogP) is 3.01. The van der Waals surface area contributed by atoms with E-state index in [9.17, 15) is 18.0 Å². The van der Waals surface area contributed by atoms with Crippen molar-refractivity contribution in [1.82, 2.24) is 9.55 Å². The van der Waals surface area contributed by atoms with Gasteiger partial charge in [0.2, 0.25) is 0 Å². The van der Waals surface area contributed by atoms with Gasteiger partial charge in [0.1, 0.15) is 0 Å². The van der Waals surface area contributed by atoms with Gasteiger partial charge in [0.15, 0.2) is 4.77 Å². The van der Waals surface area contributed by atoms with Crippen molar-refractivity contribution >= 4 is 23.1 Å².